The third-order valence-corrected chi connectivity index (χ3v) is 2.62. The molecule has 0 saturated heterocycles. The average Bonchev–Trinajstić information content (AvgIpc) is 1.94. The van der Waals surface area contributed by atoms with Crippen LogP contribution in [0.25, 0.3) is 0 Å². The van der Waals surface area contributed by atoms with Crippen molar-refractivity contribution in [3.05, 3.63) is 24.0 Å². The number of hydrogen-bond donors (Lipinski definition) is 1. The first-order valence-electron chi connectivity index (χ1n) is 3.19. The van der Waals surface area contributed by atoms with Crippen molar-refractivity contribution >= 4 is 52.3 Å². The molecule has 0 fully saturated rings. The molecule has 0 aromatic heterocycles. The van der Waals surface area contributed by atoms with Crippen LogP contribution in [0.3, 0.4) is 0 Å². The SMILES string of the molecule is Nc1ccc(SC(Cl)(Cl)Cl)cc1F. The van der Waals surface area contributed by atoms with Gasteiger partial charge in [0, 0.05) is 4.90 Å². The second kappa shape index (κ2) is 4.13. The number of halogens is 4. The van der Waals surface area contributed by atoms with E-state index in [1.54, 1.807) is 6.07 Å². The van der Waals surface area contributed by atoms with Crippen LogP contribution in [-0.4, -0.2) is 3.12 Å². The van der Waals surface area contributed by atoms with Crippen LogP contribution in [0.5, 0.6) is 0 Å². The number of nitrogen functional groups attached to an aromatic ring is 1. The van der Waals surface area contributed by atoms with Crippen molar-refractivity contribution in [3.8, 4) is 0 Å². The fourth-order valence-electron chi connectivity index (χ4n) is 0.705. The van der Waals surface area contributed by atoms with Crippen LogP contribution in [0.15, 0.2) is 23.1 Å². The van der Waals surface area contributed by atoms with Gasteiger partial charge in [-0.3, -0.25) is 0 Å². The molecule has 0 saturated carbocycles. The highest BCUT2D eigenvalue weighted by Crippen LogP contribution is 2.43. The summed E-state index contributed by atoms with van der Waals surface area (Å²) in [6.45, 7) is 0. The van der Waals surface area contributed by atoms with Gasteiger partial charge in [0.05, 0.1) is 5.69 Å². The van der Waals surface area contributed by atoms with Gasteiger partial charge in [-0.1, -0.05) is 46.6 Å². The first-order chi connectivity index (χ1) is 5.88. The molecule has 1 aromatic carbocycles. The summed E-state index contributed by atoms with van der Waals surface area (Å²) in [5, 5.41) is 0. The van der Waals surface area contributed by atoms with Crippen LogP contribution in [0.2, 0.25) is 0 Å². The first-order valence-corrected chi connectivity index (χ1v) is 5.14. The minimum atomic E-state index is -1.48. The number of thioether (sulfide) groups is 1. The predicted molar refractivity (Wildman–Crippen MR) is 57.0 cm³/mol. The number of nitrogens with two attached hydrogens (primary N) is 1. The Morgan fingerprint density at radius 1 is 1.31 bits per heavy atom. The summed E-state index contributed by atoms with van der Waals surface area (Å²) in [7, 11) is 0. The van der Waals surface area contributed by atoms with E-state index in [-0.39, 0.29) is 5.69 Å². The summed E-state index contributed by atoms with van der Waals surface area (Å²) < 4.78 is 11.4. The van der Waals surface area contributed by atoms with Crippen LogP contribution in [0.4, 0.5) is 10.1 Å². The Hall–Kier alpha value is 0.170. The van der Waals surface area contributed by atoms with Crippen molar-refractivity contribution in [1.82, 2.24) is 0 Å². The highest BCUT2D eigenvalue weighted by atomic mass is 35.6. The number of anilines is 1. The monoisotopic (exact) mass is 259 g/mol. The molecule has 72 valence electrons. The predicted octanol–water partition coefficient (Wildman–Crippen LogP) is 3.83. The maximum Gasteiger partial charge on any atom is 0.241 e. The lowest BCUT2D eigenvalue weighted by Gasteiger charge is -2.09. The summed E-state index contributed by atoms with van der Waals surface area (Å²) in [5.74, 6) is -0.515. The van der Waals surface area contributed by atoms with E-state index >= 15 is 0 Å². The van der Waals surface area contributed by atoms with E-state index in [1.165, 1.54) is 12.1 Å². The Labute approximate surface area is 94.3 Å². The molecule has 0 radical (unpaired) electrons. The molecule has 2 N–H and O–H groups in total. The third-order valence-electron chi connectivity index (χ3n) is 1.21. The molecule has 0 aliphatic carbocycles. The van der Waals surface area contributed by atoms with E-state index in [0.29, 0.717) is 4.90 Å². The van der Waals surface area contributed by atoms with E-state index in [0.717, 1.165) is 11.8 Å². The van der Waals surface area contributed by atoms with E-state index in [9.17, 15) is 4.39 Å². The summed E-state index contributed by atoms with van der Waals surface area (Å²) >= 11 is 17.4. The molecule has 0 aliphatic rings. The molecule has 0 spiro atoms. The van der Waals surface area contributed by atoms with Gasteiger partial charge in [0.2, 0.25) is 3.12 Å². The zero-order valence-corrected chi connectivity index (χ0v) is 9.31. The zero-order chi connectivity index (χ0) is 10.1. The Morgan fingerprint density at radius 2 is 1.92 bits per heavy atom. The van der Waals surface area contributed by atoms with Crippen LogP contribution in [0.1, 0.15) is 0 Å². The van der Waals surface area contributed by atoms with Gasteiger partial charge in [-0.15, -0.1) is 0 Å². The van der Waals surface area contributed by atoms with Crippen molar-refractivity contribution in [2.24, 2.45) is 0 Å². The van der Waals surface area contributed by atoms with Crippen LogP contribution in [0, 0.1) is 5.82 Å². The fourth-order valence-corrected chi connectivity index (χ4v) is 2.07. The van der Waals surface area contributed by atoms with Gasteiger partial charge in [0.1, 0.15) is 5.82 Å². The van der Waals surface area contributed by atoms with Gasteiger partial charge in [-0.25, -0.2) is 4.39 Å². The standard InChI is InChI=1S/C7H5Cl3FNS/c8-7(9,10)13-4-1-2-6(12)5(11)3-4/h1-3H,12H2. The van der Waals surface area contributed by atoms with E-state index in [1.807, 2.05) is 0 Å². The van der Waals surface area contributed by atoms with Crippen molar-refractivity contribution in [2.45, 2.75) is 8.02 Å². The minimum absolute atomic E-state index is 0.0775. The lowest BCUT2D eigenvalue weighted by molar-refractivity contribution is 0.629. The molecule has 0 atom stereocenters. The van der Waals surface area contributed by atoms with Gasteiger partial charge in [-0.05, 0) is 18.2 Å². The third kappa shape index (κ3) is 3.81. The smallest absolute Gasteiger partial charge is 0.241 e. The van der Waals surface area contributed by atoms with Gasteiger partial charge >= 0.3 is 0 Å². The molecule has 0 amide bonds. The van der Waals surface area contributed by atoms with Crippen molar-refractivity contribution < 1.29 is 4.39 Å². The largest absolute Gasteiger partial charge is 0.396 e. The Morgan fingerprint density at radius 3 is 2.38 bits per heavy atom. The summed E-state index contributed by atoms with van der Waals surface area (Å²) in [6, 6.07) is 4.24. The summed E-state index contributed by atoms with van der Waals surface area (Å²) in [5.41, 5.74) is 5.35. The Balaban J connectivity index is 2.86. The van der Waals surface area contributed by atoms with Gasteiger partial charge in [0.25, 0.3) is 0 Å². The van der Waals surface area contributed by atoms with Crippen LogP contribution >= 0.6 is 46.6 Å². The Kier molecular flexibility index (Phi) is 3.57. The average molecular weight is 261 g/mol. The molecule has 6 heteroatoms. The maximum absolute atomic E-state index is 12.9. The van der Waals surface area contributed by atoms with E-state index in [4.69, 9.17) is 40.5 Å². The summed E-state index contributed by atoms with van der Waals surface area (Å²) in [4.78, 5) is 0.520. The molecule has 0 heterocycles. The van der Waals surface area contributed by atoms with Crippen LogP contribution in [-0.2, 0) is 0 Å². The van der Waals surface area contributed by atoms with Gasteiger partial charge in [0.15, 0.2) is 0 Å². The van der Waals surface area contributed by atoms with Crippen molar-refractivity contribution in [1.29, 1.82) is 0 Å². The molecule has 0 unspecified atom stereocenters. The number of benzene rings is 1. The molecular formula is C7H5Cl3FNS. The molecule has 0 aliphatic heterocycles. The van der Waals surface area contributed by atoms with E-state index in [2.05, 4.69) is 0 Å². The normalized spacial score (nSPS) is 11.7. The minimum Gasteiger partial charge on any atom is -0.396 e. The molecular weight excluding hydrogens is 256 g/mol. The van der Waals surface area contributed by atoms with E-state index < -0.39 is 8.94 Å². The highest BCUT2D eigenvalue weighted by Gasteiger charge is 2.21. The molecule has 0 bridgehead atoms. The van der Waals surface area contributed by atoms with Gasteiger partial charge in [-0.2, -0.15) is 0 Å². The highest BCUT2D eigenvalue weighted by molar-refractivity contribution is 8.04. The van der Waals surface area contributed by atoms with Gasteiger partial charge < -0.3 is 5.73 Å². The molecule has 1 rings (SSSR count). The maximum atomic E-state index is 12.9. The van der Waals surface area contributed by atoms with Crippen molar-refractivity contribution in [3.63, 3.8) is 0 Å². The molecule has 1 aromatic rings. The zero-order valence-electron chi connectivity index (χ0n) is 6.23. The second-order valence-electron chi connectivity index (χ2n) is 2.23. The lowest BCUT2D eigenvalue weighted by atomic mass is 10.3. The first kappa shape index (κ1) is 11.2. The lowest BCUT2D eigenvalue weighted by Crippen LogP contribution is -1.95. The van der Waals surface area contributed by atoms with Crippen molar-refractivity contribution in [2.75, 3.05) is 5.73 Å². The number of hydrogen-bond acceptors (Lipinski definition) is 2. The molecule has 13 heavy (non-hydrogen) atoms. The topological polar surface area (TPSA) is 26.0 Å². The Bertz CT molecular complexity index is 313. The van der Waals surface area contributed by atoms with Crippen LogP contribution < -0.4 is 5.73 Å². The second-order valence-corrected chi connectivity index (χ2v) is 6.47. The fraction of sp³-hybridized carbons (Fsp3) is 0.143. The quantitative estimate of drug-likeness (QED) is 0.472. The molecule has 1 nitrogen and oxygen atoms in total. The number of rotatable bonds is 1. The number of alkyl halides is 3. The summed E-state index contributed by atoms with van der Waals surface area (Å²) in [6.07, 6.45) is 0.